The van der Waals surface area contributed by atoms with Gasteiger partial charge >= 0.3 is 0 Å². The summed E-state index contributed by atoms with van der Waals surface area (Å²) < 4.78 is 0.838. The highest BCUT2D eigenvalue weighted by Crippen LogP contribution is 2.33. The van der Waals surface area contributed by atoms with Crippen molar-refractivity contribution in [3.05, 3.63) is 17.0 Å². The van der Waals surface area contributed by atoms with Crippen molar-refractivity contribution in [2.75, 3.05) is 11.9 Å². The summed E-state index contributed by atoms with van der Waals surface area (Å²) in [6.07, 6.45) is 7.54. The van der Waals surface area contributed by atoms with Crippen molar-refractivity contribution in [2.24, 2.45) is 0 Å². The van der Waals surface area contributed by atoms with Crippen molar-refractivity contribution in [1.29, 1.82) is 0 Å². The van der Waals surface area contributed by atoms with Crippen LogP contribution in [0.1, 0.15) is 25.7 Å². The zero-order valence-electron chi connectivity index (χ0n) is 8.41. The molecule has 15 heavy (non-hydrogen) atoms. The predicted molar refractivity (Wildman–Crippen MR) is 61.6 cm³/mol. The molecule has 1 aliphatic rings. The number of hydrogen-bond acceptors (Lipinski definition) is 4. The number of aliphatic hydroxyl groups excluding tert-OH is 1. The molecular weight excluding hydrogens is 258 g/mol. The van der Waals surface area contributed by atoms with E-state index in [4.69, 9.17) is 0 Å². The highest BCUT2D eigenvalue weighted by atomic mass is 79.9. The van der Waals surface area contributed by atoms with Crippen LogP contribution in [0.15, 0.2) is 17.0 Å². The van der Waals surface area contributed by atoms with Gasteiger partial charge in [-0.15, -0.1) is 0 Å². The lowest BCUT2D eigenvalue weighted by molar-refractivity contribution is 0.213. The Hall–Kier alpha value is -0.680. The van der Waals surface area contributed by atoms with Gasteiger partial charge in [0.2, 0.25) is 0 Å². The molecule has 1 saturated carbocycles. The summed E-state index contributed by atoms with van der Waals surface area (Å²) in [6, 6.07) is 0. The Labute approximate surface area is 97.3 Å². The Morgan fingerprint density at radius 1 is 1.47 bits per heavy atom. The normalized spacial score (nSPS) is 19.1. The lowest BCUT2D eigenvalue weighted by Gasteiger charge is -2.28. The minimum atomic E-state index is -0.184. The Kier molecular flexibility index (Phi) is 3.21. The van der Waals surface area contributed by atoms with E-state index in [-0.39, 0.29) is 12.1 Å². The molecule has 82 valence electrons. The van der Waals surface area contributed by atoms with Gasteiger partial charge in [-0.05, 0) is 28.8 Å². The third kappa shape index (κ3) is 2.29. The molecule has 1 aromatic rings. The van der Waals surface area contributed by atoms with E-state index in [1.54, 1.807) is 6.20 Å². The predicted octanol–water partition coefficient (Wildman–Crippen LogP) is 1.96. The molecule has 1 heterocycles. The molecule has 0 bridgehead atoms. The average Bonchev–Trinajstić information content (AvgIpc) is 2.71. The van der Waals surface area contributed by atoms with E-state index in [9.17, 15) is 5.11 Å². The third-order valence-electron chi connectivity index (χ3n) is 2.91. The molecule has 0 radical (unpaired) electrons. The molecule has 0 spiro atoms. The first-order valence-corrected chi connectivity index (χ1v) is 5.90. The molecule has 0 atom stereocenters. The maximum atomic E-state index is 9.45. The fourth-order valence-electron chi connectivity index (χ4n) is 2.03. The molecule has 2 rings (SSSR count). The van der Waals surface area contributed by atoms with Crippen molar-refractivity contribution >= 4 is 21.7 Å². The molecule has 0 saturated heterocycles. The number of hydrogen-bond donors (Lipinski definition) is 2. The smallest absolute Gasteiger partial charge is 0.144 e. The van der Waals surface area contributed by atoms with Gasteiger partial charge in [0.15, 0.2) is 0 Å². The monoisotopic (exact) mass is 271 g/mol. The van der Waals surface area contributed by atoms with E-state index in [1.165, 1.54) is 6.33 Å². The van der Waals surface area contributed by atoms with Crippen LogP contribution in [-0.4, -0.2) is 27.2 Å². The fourth-order valence-corrected chi connectivity index (χ4v) is 2.35. The molecule has 0 aromatic carbocycles. The van der Waals surface area contributed by atoms with E-state index in [0.717, 1.165) is 36.0 Å². The standard InChI is InChI=1S/C10H14BrN3O/c11-8-5-12-7-13-9(8)14-10(6-15)3-1-2-4-10/h5,7,15H,1-4,6H2,(H,12,13,14). The van der Waals surface area contributed by atoms with E-state index < -0.39 is 0 Å². The highest BCUT2D eigenvalue weighted by molar-refractivity contribution is 9.10. The van der Waals surface area contributed by atoms with Gasteiger partial charge in [0, 0.05) is 6.20 Å². The van der Waals surface area contributed by atoms with Crippen LogP contribution < -0.4 is 5.32 Å². The topological polar surface area (TPSA) is 58.0 Å². The first kappa shape index (κ1) is 10.8. The van der Waals surface area contributed by atoms with Crippen molar-refractivity contribution in [1.82, 2.24) is 9.97 Å². The number of halogens is 1. The highest BCUT2D eigenvalue weighted by Gasteiger charge is 2.33. The Bertz CT molecular complexity index is 339. The van der Waals surface area contributed by atoms with Gasteiger partial charge < -0.3 is 10.4 Å². The second-order valence-electron chi connectivity index (χ2n) is 3.99. The lowest BCUT2D eigenvalue weighted by atomic mass is 9.99. The van der Waals surface area contributed by atoms with Gasteiger partial charge in [-0.2, -0.15) is 0 Å². The van der Waals surface area contributed by atoms with Crippen LogP contribution in [0.3, 0.4) is 0 Å². The van der Waals surface area contributed by atoms with E-state index >= 15 is 0 Å². The van der Waals surface area contributed by atoms with Gasteiger partial charge in [-0.25, -0.2) is 9.97 Å². The van der Waals surface area contributed by atoms with Crippen molar-refractivity contribution in [2.45, 2.75) is 31.2 Å². The number of rotatable bonds is 3. The summed E-state index contributed by atoms with van der Waals surface area (Å²) in [5.41, 5.74) is -0.184. The molecule has 1 aromatic heterocycles. The molecule has 2 N–H and O–H groups in total. The average molecular weight is 272 g/mol. The minimum Gasteiger partial charge on any atom is -0.394 e. The summed E-state index contributed by atoms with van der Waals surface area (Å²) >= 11 is 3.39. The number of nitrogens with zero attached hydrogens (tertiary/aromatic N) is 2. The van der Waals surface area contributed by atoms with Gasteiger partial charge in [0.05, 0.1) is 16.6 Å². The lowest BCUT2D eigenvalue weighted by Crippen LogP contribution is -2.39. The second kappa shape index (κ2) is 4.45. The molecule has 4 nitrogen and oxygen atoms in total. The van der Waals surface area contributed by atoms with Gasteiger partial charge in [0.25, 0.3) is 0 Å². The zero-order chi connectivity index (χ0) is 10.7. The third-order valence-corrected chi connectivity index (χ3v) is 3.49. The maximum absolute atomic E-state index is 9.45. The van der Waals surface area contributed by atoms with Crippen LogP contribution in [0.25, 0.3) is 0 Å². The maximum Gasteiger partial charge on any atom is 0.144 e. The molecule has 0 aliphatic heterocycles. The number of aliphatic hydroxyl groups is 1. The van der Waals surface area contributed by atoms with Crippen LogP contribution >= 0.6 is 15.9 Å². The van der Waals surface area contributed by atoms with Crippen molar-refractivity contribution in [3.63, 3.8) is 0 Å². The van der Waals surface area contributed by atoms with Crippen molar-refractivity contribution < 1.29 is 5.11 Å². The Balaban J connectivity index is 2.16. The van der Waals surface area contributed by atoms with Crippen molar-refractivity contribution in [3.8, 4) is 0 Å². The van der Waals surface area contributed by atoms with E-state index in [2.05, 4.69) is 31.2 Å². The van der Waals surface area contributed by atoms with Crippen LogP contribution in [0.4, 0.5) is 5.82 Å². The first-order chi connectivity index (χ1) is 7.26. The summed E-state index contributed by atoms with van der Waals surface area (Å²) in [4.78, 5) is 8.06. The van der Waals surface area contributed by atoms with Gasteiger partial charge in [-0.1, -0.05) is 12.8 Å². The summed E-state index contributed by atoms with van der Waals surface area (Å²) in [6.45, 7) is 0.156. The molecule has 0 unspecified atom stereocenters. The molecule has 1 fully saturated rings. The summed E-state index contributed by atoms with van der Waals surface area (Å²) in [5.74, 6) is 0.765. The first-order valence-electron chi connectivity index (χ1n) is 5.10. The fraction of sp³-hybridized carbons (Fsp3) is 0.600. The zero-order valence-corrected chi connectivity index (χ0v) is 10.00. The second-order valence-corrected chi connectivity index (χ2v) is 4.84. The van der Waals surface area contributed by atoms with Crippen LogP contribution in [0.5, 0.6) is 0 Å². The Morgan fingerprint density at radius 3 is 2.80 bits per heavy atom. The van der Waals surface area contributed by atoms with Crippen LogP contribution in [-0.2, 0) is 0 Å². The largest absolute Gasteiger partial charge is 0.394 e. The van der Waals surface area contributed by atoms with E-state index in [1.807, 2.05) is 0 Å². The van der Waals surface area contributed by atoms with Crippen LogP contribution in [0, 0.1) is 0 Å². The number of anilines is 1. The number of aromatic nitrogens is 2. The molecular formula is C10H14BrN3O. The van der Waals surface area contributed by atoms with Gasteiger partial charge in [-0.3, -0.25) is 0 Å². The van der Waals surface area contributed by atoms with Gasteiger partial charge in [0.1, 0.15) is 12.1 Å². The van der Waals surface area contributed by atoms with Crippen LogP contribution in [0.2, 0.25) is 0 Å². The number of nitrogens with one attached hydrogen (secondary N) is 1. The summed E-state index contributed by atoms with van der Waals surface area (Å²) in [7, 11) is 0. The SMILES string of the molecule is OCC1(Nc2ncncc2Br)CCCC1. The van der Waals surface area contributed by atoms with E-state index in [0.29, 0.717) is 0 Å². The summed E-state index contributed by atoms with van der Waals surface area (Å²) in [5, 5.41) is 12.8. The molecule has 0 amide bonds. The molecule has 5 heteroatoms. The Morgan fingerprint density at radius 2 is 2.20 bits per heavy atom. The minimum absolute atomic E-state index is 0.156. The molecule has 1 aliphatic carbocycles. The quantitative estimate of drug-likeness (QED) is 0.883.